The van der Waals surface area contributed by atoms with Crippen molar-refractivity contribution in [2.24, 2.45) is 0 Å². The van der Waals surface area contributed by atoms with Gasteiger partial charge in [0.2, 0.25) is 0 Å². The van der Waals surface area contributed by atoms with E-state index in [1.807, 2.05) is 6.07 Å². The van der Waals surface area contributed by atoms with Gasteiger partial charge in [-0.2, -0.15) is 0 Å². The minimum Gasteiger partial charge on any atom is -0.357 e. The summed E-state index contributed by atoms with van der Waals surface area (Å²) < 4.78 is 0. The summed E-state index contributed by atoms with van der Waals surface area (Å²) in [7, 11) is 4.34. The lowest BCUT2D eigenvalue weighted by Gasteiger charge is -2.28. The Labute approximate surface area is 113 Å². The van der Waals surface area contributed by atoms with Crippen LogP contribution in [0.2, 0.25) is 5.02 Å². The van der Waals surface area contributed by atoms with Gasteiger partial charge in [-0.15, -0.1) is 0 Å². The molecule has 0 amide bonds. The van der Waals surface area contributed by atoms with Gasteiger partial charge in [0.1, 0.15) is 0 Å². The fourth-order valence-corrected chi connectivity index (χ4v) is 3.30. The first kappa shape index (κ1) is 12.1. The topological polar surface area (TPSA) is 19.0 Å². The van der Waals surface area contributed by atoms with Crippen LogP contribution in [0.15, 0.2) is 12.1 Å². The van der Waals surface area contributed by atoms with Crippen molar-refractivity contribution >= 4 is 22.5 Å². The van der Waals surface area contributed by atoms with Crippen molar-refractivity contribution in [3.8, 4) is 0 Å². The molecule has 0 fully saturated rings. The summed E-state index contributed by atoms with van der Waals surface area (Å²) in [6, 6.07) is 4.76. The molecule has 3 rings (SSSR count). The molecule has 0 aliphatic heterocycles. The van der Waals surface area contributed by atoms with E-state index < -0.39 is 0 Å². The Morgan fingerprint density at radius 3 is 2.83 bits per heavy atom. The molecule has 18 heavy (non-hydrogen) atoms. The number of rotatable bonds is 1. The van der Waals surface area contributed by atoms with Crippen molar-refractivity contribution in [1.82, 2.24) is 9.88 Å². The second-order valence-corrected chi connectivity index (χ2v) is 5.96. The molecule has 0 spiro atoms. The van der Waals surface area contributed by atoms with E-state index in [-0.39, 0.29) is 0 Å². The summed E-state index contributed by atoms with van der Waals surface area (Å²) in [4.78, 5) is 5.87. The largest absolute Gasteiger partial charge is 0.357 e. The van der Waals surface area contributed by atoms with Crippen LogP contribution in [0.25, 0.3) is 10.9 Å². The van der Waals surface area contributed by atoms with Crippen LogP contribution in [-0.4, -0.2) is 30.0 Å². The van der Waals surface area contributed by atoms with Crippen LogP contribution in [0.5, 0.6) is 0 Å². The number of aryl methyl sites for hydroxylation is 2. The third-order valence-electron chi connectivity index (χ3n) is 4.20. The standard InChI is InChI=1S/C15H19ClN2/c1-9-4-6-12(16)15-14(9)11-8-10(18(2)3)5-7-13(11)17-15/h4,6,10,17H,5,7-8H2,1-3H3/t10-/m1/s1. The minimum absolute atomic E-state index is 0.648. The molecule has 1 aliphatic carbocycles. The Bertz CT molecular complexity index is 598. The van der Waals surface area contributed by atoms with Crippen LogP contribution in [0.4, 0.5) is 0 Å². The van der Waals surface area contributed by atoms with Crippen molar-refractivity contribution in [3.05, 3.63) is 34.0 Å². The molecule has 2 nitrogen and oxygen atoms in total. The summed E-state index contributed by atoms with van der Waals surface area (Å²) in [5, 5.41) is 2.19. The first-order chi connectivity index (χ1) is 8.58. The zero-order valence-electron chi connectivity index (χ0n) is 11.2. The highest BCUT2D eigenvalue weighted by atomic mass is 35.5. The van der Waals surface area contributed by atoms with Crippen molar-refractivity contribution < 1.29 is 0 Å². The minimum atomic E-state index is 0.648. The van der Waals surface area contributed by atoms with Gasteiger partial charge in [-0.05, 0) is 57.5 Å². The van der Waals surface area contributed by atoms with Gasteiger partial charge < -0.3 is 9.88 Å². The molecule has 96 valence electrons. The highest BCUT2D eigenvalue weighted by Gasteiger charge is 2.24. The zero-order valence-corrected chi connectivity index (χ0v) is 11.9. The van der Waals surface area contributed by atoms with Crippen molar-refractivity contribution in [1.29, 1.82) is 0 Å². The Morgan fingerprint density at radius 1 is 1.33 bits per heavy atom. The summed E-state index contributed by atoms with van der Waals surface area (Å²) >= 11 is 6.31. The maximum atomic E-state index is 6.31. The third kappa shape index (κ3) is 1.75. The van der Waals surface area contributed by atoms with E-state index >= 15 is 0 Å². The molecule has 0 radical (unpaired) electrons. The molecule has 1 aromatic heterocycles. The first-order valence-corrected chi connectivity index (χ1v) is 6.90. The molecule has 0 unspecified atom stereocenters. The van der Waals surface area contributed by atoms with E-state index in [9.17, 15) is 0 Å². The smallest absolute Gasteiger partial charge is 0.0651 e. The van der Waals surface area contributed by atoms with Crippen LogP contribution in [0, 0.1) is 6.92 Å². The summed E-state index contributed by atoms with van der Waals surface area (Å²) in [5.74, 6) is 0. The Kier molecular flexibility index (Phi) is 2.87. The Hall–Kier alpha value is -0.990. The number of likely N-dealkylation sites (N-methyl/N-ethyl adjacent to an activating group) is 1. The third-order valence-corrected chi connectivity index (χ3v) is 4.52. The fourth-order valence-electron chi connectivity index (χ4n) is 3.10. The summed E-state index contributed by atoms with van der Waals surface area (Å²) in [6.07, 6.45) is 3.48. The van der Waals surface area contributed by atoms with Gasteiger partial charge in [0.05, 0.1) is 10.5 Å². The Balaban J connectivity index is 2.18. The number of H-pyrrole nitrogens is 1. The number of aromatic nitrogens is 1. The van der Waals surface area contributed by atoms with E-state index in [0.717, 1.165) is 23.4 Å². The molecule has 0 saturated carbocycles. The molecule has 1 atom stereocenters. The number of hydrogen-bond acceptors (Lipinski definition) is 1. The average Bonchev–Trinajstić information content (AvgIpc) is 2.73. The molecule has 0 saturated heterocycles. The predicted octanol–water partition coefficient (Wildman–Crippen LogP) is 3.55. The highest BCUT2D eigenvalue weighted by Crippen LogP contribution is 2.35. The predicted molar refractivity (Wildman–Crippen MR) is 77.5 cm³/mol. The molecular formula is C15H19ClN2. The number of fused-ring (bicyclic) bond motifs is 3. The van der Waals surface area contributed by atoms with Crippen molar-refractivity contribution in [2.45, 2.75) is 32.2 Å². The van der Waals surface area contributed by atoms with Gasteiger partial charge in [-0.25, -0.2) is 0 Å². The number of nitrogens with zero attached hydrogens (tertiary/aromatic N) is 1. The molecule has 3 heteroatoms. The van der Waals surface area contributed by atoms with Gasteiger partial charge in [0, 0.05) is 17.1 Å². The molecule has 1 aromatic carbocycles. The van der Waals surface area contributed by atoms with Gasteiger partial charge in [-0.1, -0.05) is 17.7 Å². The lowest BCUT2D eigenvalue weighted by Crippen LogP contribution is -2.33. The average molecular weight is 263 g/mol. The Morgan fingerprint density at radius 2 is 2.11 bits per heavy atom. The number of halogens is 1. The lowest BCUT2D eigenvalue weighted by atomic mass is 9.90. The van der Waals surface area contributed by atoms with Crippen LogP contribution in [0.3, 0.4) is 0 Å². The van der Waals surface area contributed by atoms with Crippen molar-refractivity contribution in [2.75, 3.05) is 14.1 Å². The van der Waals surface area contributed by atoms with Gasteiger partial charge in [0.25, 0.3) is 0 Å². The molecule has 2 aromatic rings. The highest BCUT2D eigenvalue weighted by molar-refractivity contribution is 6.35. The summed E-state index contributed by atoms with van der Waals surface area (Å²) in [6.45, 7) is 2.17. The van der Waals surface area contributed by atoms with E-state index in [0.29, 0.717) is 6.04 Å². The van der Waals surface area contributed by atoms with Gasteiger partial charge >= 0.3 is 0 Å². The monoisotopic (exact) mass is 262 g/mol. The van der Waals surface area contributed by atoms with E-state index in [4.69, 9.17) is 11.6 Å². The van der Waals surface area contributed by atoms with Crippen LogP contribution >= 0.6 is 11.6 Å². The first-order valence-electron chi connectivity index (χ1n) is 6.53. The van der Waals surface area contributed by atoms with E-state index in [1.165, 1.54) is 28.6 Å². The molecule has 0 bridgehead atoms. The molecule has 1 heterocycles. The number of aromatic amines is 1. The number of nitrogens with one attached hydrogen (secondary N) is 1. The van der Waals surface area contributed by atoms with Crippen molar-refractivity contribution in [3.63, 3.8) is 0 Å². The van der Waals surface area contributed by atoms with Crippen LogP contribution in [-0.2, 0) is 12.8 Å². The second-order valence-electron chi connectivity index (χ2n) is 5.56. The van der Waals surface area contributed by atoms with Crippen LogP contribution in [0.1, 0.15) is 23.2 Å². The number of benzene rings is 1. The number of hydrogen-bond donors (Lipinski definition) is 1. The fraction of sp³-hybridized carbons (Fsp3) is 0.467. The molecular weight excluding hydrogens is 244 g/mol. The second kappa shape index (κ2) is 4.29. The van der Waals surface area contributed by atoms with Crippen LogP contribution < -0.4 is 0 Å². The van der Waals surface area contributed by atoms with Gasteiger partial charge in [-0.3, -0.25) is 0 Å². The molecule has 1 aliphatic rings. The summed E-state index contributed by atoms with van der Waals surface area (Å²) in [5.41, 5.74) is 5.32. The van der Waals surface area contributed by atoms with Gasteiger partial charge in [0.15, 0.2) is 0 Å². The maximum Gasteiger partial charge on any atom is 0.0651 e. The molecule has 1 N–H and O–H groups in total. The normalized spacial score (nSPS) is 19.5. The lowest BCUT2D eigenvalue weighted by molar-refractivity contribution is 0.268. The SMILES string of the molecule is Cc1ccc(Cl)c2[nH]c3c(c12)C[C@H](N(C)C)CC3. The maximum absolute atomic E-state index is 6.31. The quantitative estimate of drug-likeness (QED) is 0.833. The van der Waals surface area contributed by atoms with E-state index in [1.54, 1.807) is 0 Å². The zero-order chi connectivity index (χ0) is 12.9. The van der Waals surface area contributed by atoms with E-state index in [2.05, 4.69) is 37.0 Å².